The molecule has 0 radical (unpaired) electrons. The van der Waals surface area contributed by atoms with E-state index in [1.54, 1.807) is 19.3 Å². The summed E-state index contributed by atoms with van der Waals surface area (Å²) in [5.74, 6) is -0.249. The molecule has 1 aromatic rings. The zero-order chi connectivity index (χ0) is 18.5. The van der Waals surface area contributed by atoms with Crippen LogP contribution in [0.2, 0.25) is 0 Å². The second-order valence-corrected chi connectivity index (χ2v) is 6.84. The van der Waals surface area contributed by atoms with Gasteiger partial charge in [-0.1, -0.05) is 0 Å². The number of carbonyl (C=O) groups is 2. The van der Waals surface area contributed by atoms with E-state index in [-0.39, 0.29) is 18.4 Å². The molecule has 3 rings (SSSR count). The SMILES string of the molecule is CN1CCN(C(=O)CN(C)C(=O)c2cc(N3CCOCC3)ccn2)CC1. The third-order valence-corrected chi connectivity index (χ3v) is 4.91. The van der Waals surface area contributed by atoms with Crippen molar-refractivity contribution in [3.8, 4) is 0 Å². The van der Waals surface area contributed by atoms with Crippen LogP contribution >= 0.6 is 0 Å². The fourth-order valence-corrected chi connectivity index (χ4v) is 3.18. The lowest BCUT2D eigenvalue weighted by molar-refractivity contribution is -0.133. The highest BCUT2D eigenvalue weighted by Crippen LogP contribution is 2.17. The lowest BCUT2D eigenvalue weighted by Crippen LogP contribution is -2.50. The Bertz CT molecular complexity index is 639. The quantitative estimate of drug-likeness (QED) is 0.738. The molecule has 2 aliphatic heterocycles. The van der Waals surface area contributed by atoms with Gasteiger partial charge in [0.1, 0.15) is 5.69 Å². The topological polar surface area (TPSA) is 69.2 Å². The predicted octanol–water partition coefficient (Wildman–Crippen LogP) is -0.236. The van der Waals surface area contributed by atoms with E-state index in [1.807, 2.05) is 18.0 Å². The van der Waals surface area contributed by atoms with Crippen molar-refractivity contribution in [1.82, 2.24) is 19.7 Å². The maximum absolute atomic E-state index is 12.7. The van der Waals surface area contributed by atoms with Gasteiger partial charge >= 0.3 is 0 Å². The van der Waals surface area contributed by atoms with Crippen molar-refractivity contribution in [2.24, 2.45) is 0 Å². The predicted molar refractivity (Wildman–Crippen MR) is 98.3 cm³/mol. The molecule has 0 aromatic carbocycles. The molecule has 0 N–H and O–H groups in total. The molecule has 26 heavy (non-hydrogen) atoms. The molecular formula is C18H27N5O3. The normalized spacial score (nSPS) is 18.7. The molecule has 2 aliphatic rings. The Hall–Kier alpha value is -2.19. The molecule has 2 saturated heterocycles. The standard InChI is InChI=1S/C18H27N5O3/c1-20-5-7-23(8-6-20)17(24)14-21(2)18(25)16-13-15(3-4-19-16)22-9-11-26-12-10-22/h3-4,13H,5-12,14H2,1-2H3. The number of ether oxygens (including phenoxy) is 1. The van der Waals surface area contributed by atoms with Crippen molar-refractivity contribution >= 4 is 17.5 Å². The lowest BCUT2D eigenvalue weighted by Gasteiger charge is -2.33. The van der Waals surface area contributed by atoms with E-state index in [0.29, 0.717) is 32.0 Å². The van der Waals surface area contributed by atoms with E-state index in [0.717, 1.165) is 31.9 Å². The number of nitrogens with zero attached hydrogens (tertiary/aromatic N) is 5. The number of carbonyl (C=O) groups excluding carboxylic acids is 2. The van der Waals surface area contributed by atoms with Gasteiger partial charge in [0, 0.05) is 58.2 Å². The van der Waals surface area contributed by atoms with Crippen LogP contribution in [0.5, 0.6) is 0 Å². The third-order valence-electron chi connectivity index (χ3n) is 4.91. The summed E-state index contributed by atoms with van der Waals surface area (Å²) in [6, 6.07) is 3.70. The number of hydrogen-bond donors (Lipinski definition) is 0. The molecule has 0 spiro atoms. The van der Waals surface area contributed by atoms with Crippen LogP contribution in [0.4, 0.5) is 5.69 Å². The van der Waals surface area contributed by atoms with Gasteiger partial charge in [-0.05, 0) is 19.2 Å². The van der Waals surface area contributed by atoms with Gasteiger partial charge in [0.25, 0.3) is 5.91 Å². The van der Waals surface area contributed by atoms with Gasteiger partial charge in [-0.25, -0.2) is 0 Å². The van der Waals surface area contributed by atoms with E-state index in [9.17, 15) is 9.59 Å². The van der Waals surface area contributed by atoms with E-state index in [4.69, 9.17) is 4.74 Å². The number of morpholine rings is 1. The van der Waals surface area contributed by atoms with Crippen LogP contribution in [-0.2, 0) is 9.53 Å². The molecule has 0 atom stereocenters. The smallest absolute Gasteiger partial charge is 0.272 e. The number of likely N-dealkylation sites (N-methyl/N-ethyl adjacent to an activating group) is 2. The first-order valence-electron chi connectivity index (χ1n) is 9.05. The summed E-state index contributed by atoms with van der Waals surface area (Å²) in [5, 5.41) is 0. The van der Waals surface area contributed by atoms with Crippen LogP contribution in [-0.4, -0.2) is 105 Å². The van der Waals surface area contributed by atoms with Crippen LogP contribution in [0.1, 0.15) is 10.5 Å². The Kier molecular flexibility index (Phi) is 6.05. The highest BCUT2D eigenvalue weighted by Gasteiger charge is 2.23. The fourth-order valence-electron chi connectivity index (χ4n) is 3.18. The maximum atomic E-state index is 12.7. The van der Waals surface area contributed by atoms with Crippen molar-refractivity contribution < 1.29 is 14.3 Å². The van der Waals surface area contributed by atoms with Gasteiger partial charge in [-0.3, -0.25) is 14.6 Å². The average molecular weight is 361 g/mol. The Morgan fingerprint density at radius 2 is 1.85 bits per heavy atom. The van der Waals surface area contributed by atoms with Crippen LogP contribution in [0, 0.1) is 0 Å². The zero-order valence-electron chi connectivity index (χ0n) is 15.6. The van der Waals surface area contributed by atoms with Crippen molar-refractivity contribution in [1.29, 1.82) is 0 Å². The Morgan fingerprint density at radius 3 is 2.54 bits per heavy atom. The first-order chi connectivity index (χ1) is 12.5. The third kappa shape index (κ3) is 4.50. The van der Waals surface area contributed by atoms with E-state index >= 15 is 0 Å². The minimum absolute atomic E-state index is 0.0155. The minimum Gasteiger partial charge on any atom is -0.378 e. The number of hydrogen-bond acceptors (Lipinski definition) is 6. The zero-order valence-corrected chi connectivity index (χ0v) is 15.6. The maximum Gasteiger partial charge on any atom is 0.272 e. The summed E-state index contributed by atoms with van der Waals surface area (Å²) in [6.45, 7) is 6.20. The number of anilines is 1. The highest BCUT2D eigenvalue weighted by atomic mass is 16.5. The molecular weight excluding hydrogens is 334 g/mol. The molecule has 142 valence electrons. The summed E-state index contributed by atoms with van der Waals surface area (Å²) in [7, 11) is 3.70. The van der Waals surface area contributed by atoms with Gasteiger partial charge in [0.15, 0.2) is 0 Å². The monoisotopic (exact) mass is 361 g/mol. The van der Waals surface area contributed by atoms with Gasteiger partial charge in [0.05, 0.1) is 19.8 Å². The lowest BCUT2D eigenvalue weighted by atomic mass is 10.2. The van der Waals surface area contributed by atoms with E-state index in [1.165, 1.54) is 4.90 Å². The molecule has 0 bridgehead atoms. The summed E-state index contributed by atoms with van der Waals surface area (Å²) >= 11 is 0. The van der Waals surface area contributed by atoms with Crippen LogP contribution < -0.4 is 4.90 Å². The molecule has 2 fully saturated rings. The van der Waals surface area contributed by atoms with Gasteiger partial charge in [0.2, 0.25) is 5.91 Å². The summed E-state index contributed by atoms with van der Waals surface area (Å²) < 4.78 is 5.37. The molecule has 3 heterocycles. The summed E-state index contributed by atoms with van der Waals surface area (Å²) in [4.78, 5) is 37.0. The van der Waals surface area contributed by atoms with Crippen LogP contribution in [0.3, 0.4) is 0 Å². The van der Waals surface area contributed by atoms with Crippen molar-refractivity contribution in [3.05, 3.63) is 24.0 Å². The van der Waals surface area contributed by atoms with E-state index in [2.05, 4.69) is 14.8 Å². The number of amides is 2. The first kappa shape index (κ1) is 18.6. The Balaban J connectivity index is 1.60. The van der Waals surface area contributed by atoms with Gasteiger partial charge in [-0.2, -0.15) is 0 Å². The Labute approximate surface area is 154 Å². The van der Waals surface area contributed by atoms with Crippen LogP contribution in [0.25, 0.3) is 0 Å². The number of piperazine rings is 1. The second-order valence-electron chi connectivity index (χ2n) is 6.84. The van der Waals surface area contributed by atoms with Gasteiger partial charge in [-0.15, -0.1) is 0 Å². The summed E-state index contributed by atoms with van der Waals surface area (Å²) in [6.07, 6.45) is 1.65. The van der Waals surface area contributed by atoms with Gasteiger partial charge < -0.3 is 24.3 Å². The van der Waals surface area contributed by atoms with Crippen molar-refractivity contribution in [2.45, 2.75) is 0 Å². The van der Waals surface area contributed by atoms with E-state index < -0.39 is 0 Å². The molecule has 8 heteroatoms. The highest BCUT2D eigenvalue weighted by molar-refractivity contribution is 5.95. The number of pyridine rings is 1. The minimum atomic E-state index is -0.234. The first-order valence-corrected chi connectivity index (χ1v) is 9.05. The number of rotatable bonds is 4. The molecule has 8 nitrogen and oxygen atoms in total. The summed E-state index contributed by atoms with van der Waals surface area (Å²) in [5.41, 5.74) is 1.33. The fraction of sp³-hybridized carbons (Fsp3) is 0.611. The largest absolute Gasteiger partial charge is 0.378 e. The molecule has 0 unspecified atom stereocenters. The number of aromatic nitrogens is 1. The molecule has 2 amide bonds. The average Bonchev–Trinajstić information content (AvgIpc) is 2.68. The Morgan fingerprint density at radius 1 is 1.15 bits per heavy atom. The molecule has 0 saturated carbocycles. The van der Waals surface area contributed by atoms with Crippen molar-refractivity contribution in [2.75, 3.05) is 78.0 Å². The van der Waals surface area contributed by atoms with Crippen molar-refractivity contribution in [3.63, 3.8) is 0 Å². The second kappa shape index (κ2) is 8.46. The van der Waals surface area contributed by atoms with Crippen LogP contribution in [0.15, 0.2) is 18.3 Å². The molecule has 0 aliphatic carbocycles. The molecule has 1 aromatic heterocycles.